The van der Waals surface area contributed by atoms with E-state index in [1.807, 2.05) is 19.9 Å². The molecule has 0 spiro atoms. The molecule has 3 rings (SSSR count). The number of fused-ring (bicyclic) bond motifs is 1. The Balaban J connectivity index is 1.96. The molecule has 0 aliphatic heterocycles. The van der Waals surface area contributed by atoms with Crippen LogP contribution in [0.2, 0.25) is 0 Å². The lowest BCUT2D eigenvalue weighted by molar-refractivity contribution is -0.137. The Morgan fingerprint density at radius 3 is 2.32 bits per heavy atom. The SMILES string of the molecule is CCOC(=O)/C=C(C)/C=C/c1cccc(-c2cc3c(cc2C)C(C)(C)CCC3(C)C)c1. The van der Waals surface area contributed by atoms with E-state index in [9.17, 15) is 4.79 Å². The Morgan fingerprint density at radius 2 is 1.68 bits per heavy atom. The van der Waals surface area contributed by atoms with Crippen molar-refractivity contribution in [1.82, 2.24) is 0 Å². The van der Waals surface area contributed by atoms with Gasteiger partial charge < -0.3 is 4.74 Å². The van der Waals surface area contributed by atoms with E-state index in [0.29, 0.717) is 6.61 Å². The molecule has 0 amide bonds. The third-order valence-electron chi connectivity index (χ3n) is 6.57. The quantitative estimate of drug-likeness (QED) is 0.286. The van der Waals surface area contributed by atoms with Crippen molar-refractivity contribution in [1.29, 1.82) is 0 Å². The van der Waals surface area contributed by atoms with Gasteiger partial charge in [0.2, 0.25) is 0 Å². The van der Waals surface area contributed by atoms with Gasteiger partial charge in [-0.25, -0.2) is 4.79 Å². The van der Waals surface area contributed by atoms with E-state index in [1.54, 1.807) is 0 Å². The maximum atomic E-state index is 11.6. The highest BCUT2D eigenvalue weighted by Crippen LogP contribution is 2.47. The number of aryl methyl sites for hydroxylation is 1. The van der Waals surface area contributed by atoms with E-state index in [4.69, 9.17) is 4.74 Å². The monoisotopic (exact) mass is 416 g/mol. The van der Waals surface area contributed by atoms with Crippen molar-refractivity contribution < 1.29 is 9.53 Å². The van der Waals surface area contributed by atoms with Crippen molar-refractivity contribution in [3.05, 3.63) is 76.4 Å². The fraction of sp³-hybridized carbons (Fsp3) is 0.414. The van der Waals surface area contributed by atoms with Gasteiger partial charge in [0.05, 0.1) is 6.61 Å². The minimum atomic E-state index is -0.298. The summed E-state index contributed by atoms with van der Waals surface area (Å²) in [6, 6.07) is 13.5. The van der Waals surface area contributed by atoms with Crippen LogP contribution in [0.5, 0.6) is 0 Å². The van der Waals surface area contributed by atoms with Crippen LogP contribution in [-0.4, -0.2) is 12.6 Å². The second-order valence-corrected chi connectivity index (χ2v) is 10.1. The first-order valence-corrected chi connectivity index (χ1v) is 11.3. The van der Waals surface area contributed by atoms with Crippen LogP contribution in [0.1, 0.15) is 76.6 Å². The lowest BCUT2D eigenvalue weighted by Crippen LogP contribution is -2.34. The molecule has 0 fully saturated rings. The van der Waals surface area contributed by atoms with E-state index in [2.05, 4.69) is 77.1 Å². The van der Waals surface area contributed by atoms with Gasteiger partial charge in [0.15, 0.2) is 0 Å². The van der Waals surface area contributed by atoms with Gasteiger partial charge in [-0.1, -0.05) is 70.2 Å². The van der Waals surface area contributed by atoms with Crippen LogP contribution < -0.4 is 0 Å². The molecule has 2 aromatic carbocycles. The molecule has 0 N–H and O–H groups in total. The lowest BCUT2D eigenvalue weighted by atomic mass is 9.62. The van der Waals surface area contributed by atoms with Crippen molar-refractivity contribution in [2.45, 2.75) is 72.1 Å². The molecule has 1 aliphatic carbocycles. The van der Waals surface area contributed by atoms with Gasteiger partial charge in [-0.05, 0) is 89.5 Å². The summed E-state index contributed by atoms with van der Waals surface area (Å²) in [5.74, 6) is -0.298. The maximum absolute atomic E-state index is 11.6. The zero-order valence-electron chi connectivity index (χ0n) is 20.1. The van der Waals surface area contributed by atoms with Gasteiger partial charge in [0.1, 0.15) is 0 Å². The normalized spacial score (nSPS) is 17.5. The first kappa shape index (κ1) is 23.1. The number of carbonyl (C=O) groups is 1. The second kappa shape index (κ2) is 8.86. The Hall–Kier alpha value is -2.61. The summed E-state index contributed by atoms with van der Waals surface area (Å²) in [7, 11) is 0. The number of allylic oxidation sites excluding steroid dienone is 2. The molecule has 0 saturated heterocycles. The molecular formula is C29H36O2. The molecule has 0 unspecified atom stereocenters. The second-order valence-electron chi connectivity index (χ2n) is 10.1. The number of rotatable bonds is 5. The molecule has 0 radical (unpaired) electrons. The zero-order chi connectivity index (χ0) is 22.8. The number of carbonyl (C=O) groups excluding carboxylic acids is 1. The van der Waals surface area contributed by atoms with Crippen LogP contribution in [0.15, 0.2) is 54.1 Å². The highest BCUT2D eigenvalue weighted by molar-refractivity contribution is 5.83. The summed E-state index contributed by atoms with van der Waals surface area (Å²) in [4.78, 5) is 11.6. The van der Waals surface area contributed by atoms with Crippen LogP contribution in [-0.2, 0) is 20.4 Å². The largest absolute Gasteiger partial charge is 0.463 e. The predicted octanol–water partition coefficient (Wildman–Crippen LogP) is 7.53. The van der Waals surface area contributed by atoms with Gasteiger partial charge in [-0.2, -0.15) is 0 Å². The Kier molecular flexibility index (Phi) is 6.59. The fourth-order valence-corrected chi connectivity index (χ4v) is 4.49. The molecule has 1 aliphatic rings. The highest BCUT2D eigenvalue weighted by Gasteiger charge is 2.37. The first-order chi connectivity index (χ1) is 14.5. The molecule has 164 valence electrons. The average molecular weight is 417 g/mol. The minimum absolute atomic E-state index is 0.194. The summed E-state index contributed by atoms with van der Waals surface area (Å²) < 4.78 is 4.98. The van der Waals surface area contributed by atoms with Crippen molar-refractivity contribution >= 4 is 12.0 Å². The molecule has 2 aromatic rings. The summed E-state index contributed by atoms with van der Waals surface area (Å²) in [5, 5.41) is 0. The van der Waals surface area contributed by atoms with Crippen LogP contribution >= 0.6 is 0 Å². The maximum Gasteiger partial charge on any atom is 0.330 e. The summed E-state index contributed by atoms with van der Waals surface area (Å²) in [5.41, 5.74) is 9.25. The molecule has 0 aromatic heterocycles. The van der Waals surface area contributed by atoms with E-state index in [0.717, 1.165) is 11.1 Å². The Labute approximate surface area is 188 Å². The number of ether oxygens (including phenoxy) is 1. The van der Waals surface area contributed by atoms with Crippen molar-refractivity contribution in [2.75, 3.05) is 6.61 Å². The van der Waals surface area contributed by atoms with Gasteiger partial charge in [0.25, 0.3) is 0 Å². The molecule has 2 nitrogen and oxygen atoms in total. The van der Waals surface area contributed by atoms with Crippen LogP contribution in [0.3, 0.4) is 0 Å². The van der Waals surface area contributed by atoms with Crippen molar-refractivity contribution in [2.24, 2.45) is 0 Å². The summed E-state index contributed by atoms with van der Waals surface area (Å²) in [6.07, 6.45) is 7.98. The van der Waals surface area contributed by atoms with E-state index in [1.165, 1.54) is 46.7 Å². The number of hydrogen-bond acceptors (Lipinski definition) is 2. The van der Waals surface area contributed by atoms with Crippen LogP contribution in [0.4, 0.5) is 0 Å². The summed E-state index contributed by atoms with van der Waals surface area (Å²) >= 11 is 0. The number of benzene rings is 2. The molecule has 2 heteroatoms. The molecule has 31 heavy (non-hydrogen) atoms. The number of hydrogen-bond donors (Lipinski definition) is 0. The summed E-state index contributed by atoms with van der Waals surface area (Å²) in [6.45, 7) is 15.8. The number of esters is 1. The van der Waals surface area contributed by atoms with Crippen molar-refractivity contribution in [3.63, 3.8) is 0 Å². The topological polar surface area (TPSA) is 26.3 Å². The van der Waals surface area contributed by atoms with Gasteiger partial charge in [-0.15, -0.1) is 0 Å². The zero-order valence-corrected chi connectivity index (χ0v) is 20.1. The molecule has 0 heterocycles. The van der Waals surface area contributed by atoms with Gasteiger partial charge in [0, 0.05) is 6.08 Å². The molecule has 0 atom stereocenters. The van der Waals surface area contributed by atoms with E-state index < -0.39 is 0 Å². The van der Waals surface area contributed by atoms with E-state index in [-0.39, 0.29) is 16.8 Å². The average Bonchev–Trinajstić information content (AvgIpc) is 2.70. The fourth-order valence-electron chi connectivity index (χ4n) is 4.49. The Bertz CT molecular complexity index is 1030. The standard InChI is InChI=1S/C29H36O2/c1-8-31-27(30)16-20(2)12-13-22-10-9-11-23(18-22)24-19-26-25(17-21(24)3)28(4,5)14-15-29(26,6)7/h9-13,16-19H,8,14-15H2,1-7H3/b13-12+,20-16+. The van der Waals surface area contributed by atoms with Gasteiger partial charge in [-0.3, -0.25) is 0 Å². The van der Waals surface area contributed by atoms with Crippen LogP contribution in [0.25, 0.3) is 17.2 Å². The third-order valence-corrected chi connectivity index (χ3v) is 6.57. The van der Waals surface area contributed by atoms with Crippen LogP contribution in [0, 0.1) is 6.92 Å². The predicted molar refractivity (Wildman–Crippen MR) is 131 cm³/mol. The highest BCUT2D eigenvalue weighted by atomic mass is 16.5. The molecule has 0 bridgehead atoms. The Morgan fingerprint density at radius 1 is 1.03 bits per heavy atom. The van der Waals surface area contributed by atoms with E-state index >= 15 is 0 Å². The smallest absolute Gasteiger partial charge is 0.330 e. The van der Waals surface area contributed by atoms with Crippen molar-refractivity contribution in [3.8, 4) is 11.1 Å². The first-order valence-electron chi connectivity index (χ1n) is 11.3. The lowest BCUT2D eigenvalue weighted by Gasteiger charge is -2.42. The molecular weight excluding hydrogens is 380 g/mol. The molecule has 0 saturated carbocycles. The third kappa shape index (κ3) is 5.18. The van der Waals surface area contributed by atoms with Gasteiger partial charge >= 0.3 is 5.97 Å². The minimum Gasteiger partial charge on any atom is -0.463 e.